The number of hydrogen-bond acceptors (Lipinski definition) is 3. The third kappa shape index (κ3) is 2.07. The average molecular weight is 293 g/mol. The number of fused-ring (bicyclic) bond motifs is 2. The summed E-state index contributed by atoms with van der Waals surface area (Å²) >= 11 is 0. The molecule has 4 rings (SSSR count). The molecular formula is C17H12FN3O. The van der Waals surface area contributed by atoms with Crippen molar-refractivity contribution in [2.24, 2.45) is 0 Å². The van der Waals surface area contributed by atoms with Gasteiger partial charge in [-0.05, 0) is 42.5 Å². The van der Waals surface area contributed by atoms with Crippen LogP contribution in [0.25, 0.3) is 33.3 Å². The van der Waals surface area contributed by atoms with Crippen LogP contribution in [0.3, 0.4) is 0 Å². The Bertz CT molecular complexity index is 994. The molecule has 22 heavy (non-hydrogen) atoms. The second kappa shape index (κ2) is 4.80. The van der Waals surface area contributed by atoms with E-state index in [-0.39, 0.29) is 5.82 Å². The van der Waals surface area contributed by atoms with E-state index in [4.69, 9.17) is 4.74 Å². The molecule has 0 aliphatic rings. The highest BCUT2D eigenvalue weighted by atomic mass is 19.1. The first-order chi connectivity index (χ1) is 10.7. The second-order valence-electron chi connectivity index (χ2n) is 5.01. The van der Waals surface area contributed by atoms with Crippen molar-refractivity contribution in [2.45, 2.75) is 0 Å². The fourth-order valence-electron chi connectivity index (χ4n) is 2.48. The summed E-state index contributed by atoms with van der Waals surface area (Å²) in [4.78, 5) is 12.1. The number of pyridine rings is 2. The van der Waals surface area contributed by atoms with Crippen molar-refractivity contribution >= 4 is 21.9 Å². The molecule has 1 N–H and O–H groups in total. The summed E-state index contributed by atoms with van der Waals surface area (Å²) < 4.78 is 18.4. The van der Waals surface area contributed by atoms with Gasteiger partial charge in [0.05, 0.1) is 18.5 Å². The van der Waals surface area contributed by atoms with E-state index >= 15 is 0 Å². The second-order valence-corrected chi connectivity index (χ2v) is 5.01. The molecule has 5 heteroatoms. The maximum atomic E-state index is 13.3. The molecule has 4 aromatic rings. The number of benzene rings is 1. The SMILES string of the molecule is COc1ccc2ccc(-c3cc4ccc(F)cc4[nH]3)nc2n1. The standard InChI is InChI=1S/C17H12FN3O/c1-22-16-7-4-10-3-6-13(20-17(10)21-16)15-8-11-2-5-12(18)9-14(11)19-15/h2-9,19H,1H3. The van der Waals surface area contributed by atoms with Crippen LogP contribution in [0, 0.1) is 5.82 Å². The lowest BCUT2D eigenvalue weighted by Gasteiger charge is -2.03. The number of ether oxygens (including phenoxy) is 1. The van der Waals surface area contributed by atoms with Crippen LogP contribution in [-0.2, 0) is 0 Å². The predicted octanol–water partition coefficient (Wildman–Crippen LogP) is 3.93. The lowest BCUT2D eigenvalue weighted by atomic mass is 10.2. The van der Waals surface area contributed by atoms with Gasteiger partial charge in [-0.15, -0.1) is 0 Å². The quantitative estimate of drug-likeness (QED) is 0.609. The molecule has 3 heterocycles. The summed E-state index contributed by atoms with van der Waals surface area (Å²) in [6, 6.07) is 14.2. The molecule has 0 saturated heterocycles. The topological polar surface area (TPSA) is 50.8 Å². The number of nitrogens with one attached hydrogen (secondary N) is 1. The van der Waals surface area contributed by atoms with Gasteiger partial charge in [0.15, 0.2) is 5.65 Å². The van der Waals surface area contributed by atoms with Crippen LogP contribution >= 0.6 is 0 Å². The number of aromatic amines is 1. The van der Waals surface area contributed by atoms with Gasteiger partial charge in [0.1, 0.15) is 5.82 Å². The number of nitrogens with zero attached hydrogens (tertiary/aromatic N) is 2. The Kier molecular flexibility index (Phi) is 2.79. The zero-order chi connectivity index (χ0) is 15.1. The smallest absolute Gasteiger partial charge is 0.215 e. The molecule has 0 saturated carbocycles. The van der Waals surface area contributed by atoms with E-state index in [1.54, 1.807) is 19.2 Å². The Morgan fingerprint density at radius 1 is 0.955 bits per heavy atom. The van der Waals surface area contributed by atoms with Gasteiger partial charge in [-0.25, -0.2) is 9.37 Å². The highest BCUT2D eigenvalue weighted by Crippen LogP contribution is 2.25. The Morgan fingerprint density at radius 2 is 1.77 bits per heavy atom. The number of rotatable bonds is 2. The molecule has 1 aromatic carbocycles. The highest BCUT2D eigenvalue weighted by Gasteiger charge is 2.07. The summed E-state index contributed by atoms with van der Waals surface area (Å²) in [6.07, 6.45) is 0. The largest absolute Gasteiger partial charge is 0.481 e. The predicted molar refractivity (Wildman–Crippen MR) is 83.3 cm³/mol. The average Bonchev–Trinajstić information content (AvgIpc) is 2.96. The van der Waals surface area contributed by atoms with Crippen LogP contribution in [0.15, 0.2) is 48.5 Å². The minimum atomic E-state index is -0.265. The summed E-state index contributed by atoms with van der Waals surface area (Å²) in [6.45, 7) is 0. The van der Waals surface area contributed by atoms with Gasteiger partial charge in [-0.1, -0.05) is 0 Å². The van der Waals surface area contributed by atoms with Crippen LogP contribution in [0.1, 0.15) is 0 Å². The number of methoxy groups -OCH3 is 1. The minimum Gasteiger partial charge on any atom is -0.481 e. The number of H-pyrrole nitrogens is 1. The summed E-state index contributed by atoms with van der Waals surface area (Å²) in [5.41, 5.74) is 2.94. The van der Waals surface area contributed by atoms with Crippen LogP contribution in [0.2, 0.25) is 0 Å². The van der Waals surface area contributed by atoms with Crippen molar-refractivity contribution in [1.29, 1.82) is 0 Å². The normalized spacial score (nSPS) is 11.2. The Morgan fingerprint density at radius 3 is 2.64 bits per heavy atom. The van der Waals surface area contributed by atoms with Crippen molar-refractivity contribution in [3.05, 3.63) is 54.3 Å². The maximum Gasteiger partial charge on any atom is 0.215 e. The molecule has 0 amide bonds. The summed E-state index contributed by atoms with van der Waals surface area (Å²) in [7, 11) is 1.57. The van der Waals surface area contributed by atoms with Gasteiger partial charge in [0, 0.05) is 22.4 Å². The molecule has 4 nitrogen and oxygen atoms in total. The lowest BCUT2D eigenvalue weighted by Crippen LogP contribution is -1.91. The van der Waals surface area contributed by atoms with Crippen molar-refractivity contribution in [1.82, 2.24) is 15.0 Å². The minimum absolute atomic E-state index is 0.265. The molecule has 0 fully saturated rings. The Labute approximate surface area is 125 Å². The third-order valence-corrected chi connectivity index (χ3v) is 3.60. The molecule has 3 aromatic heterocycles. The van der Waals surface area contributed by atoms with Gasteiger partial charge >= 0.3 is 0 Å². The molecule has 0 bridgehead atoms. The monoisotopic (exact) mass is 293 g/mol. The van der Waals surface area contributed by atoms with Crippen LogP contribution < -0.4 is 4.74 Å². The summed E-state index contributed by atoms with van der Waals surface area (Å²) in [5, 5.41) is 1.88. The zero-order valence-corrected chi connectivity index (χ0v) is 11.8. The van der Waals surface area contributed by atoms with E-state index in [0.29, 0.717) is 11.5 Å². The summed E-state index contributed by atoms with van der Waals surface area (Å²) in [5.74, 6) is 0.259. The van der Waals surface area contributed by atoms with Gasteiger partial charge in [-0.3, -0.25) is 0 Å². The molecule has 0 radical (unpaired) electrons. The van der Waals surface area contributed by atoms with E-state index in [1.807, 2.05) is 24.3 Å². The van der Waals surface area contributed by atoms with Crippen LogP contribution in [0.4, 0.5) is 4.39 Å². The lowest BCUT2D eigenvalue weighted by molar-refractivity contribution is 0.399. The molecule has 0 aliphatic heterocycles. The van der Waals surface area contributed by atoms with E-state index in [9.17, 15) is 4.39 Å². The molecule has 0 spiro atoms. The van der Waals surface area contributed by atoms with Crippen molar-refractivity contribution in [2.75, 3.05) is 7.11 Å². The van der Waals surface area contributed by atoms with E-state index < -0.39 is 0 Å². The van der Waals surface area contributed by atoms with Gasteiger partial charge in [0.25, 0.3) is 0 Å². The highest BCUT2D eigenvalue weighted by molar-refractivity contribution is 5.86. The fraction of sp³-hybridized carbons (Fsp3) is 0.0588. The Balaban J connectivity index is 1.87. The number of hydrogen-bond donors (Lipinski definition) is 1. The first-order valence-electron chi connectivity index (χ1n) is 6.83. The van der Waals surface area contributed by atoms with Gasteiger partial charge in [0.2, 0.25) is 5.88 Å². The molecule has 0 atom stereocenters. The van der Waals surface area contributed by atoms with E-state index in [2.05, 4.69) is 15.0 Å². The maximum absolute atomic E-state index is 13.3. The molecule has 0 aliphatic carbocycles. The van der Waals surface area contributed by atoms with Gasteiger partial charge < -0.3 is 9.72 Å². The fourth-order valence-corrected chi connectivity index (χ4v) is 2.48. The first kappa shape index (κ1) is 12.8. The molecule has 0 unspecified atom stereocenters. The molecule has 108 valence electrons. The van der Waals surface area contributed by atoms with Crippen LogP contribution in [-0.4, -0.2) is 22.1 Å². The first-order valence-corrected chi connectivity index (χ1v) is 6.83. The third-order valence-electron chi connectivity index (χ3n) is 3.60. The van der Waals surface area contributed by atoms with E-state index in [0.717, 1.165) is 27.7 Å². The van der Waals surface area contributed by atoms with E-state index in [1.165, 1.54) is 12.1 Å². The van der Waals surface area contributed by atoms with Crippen molar-refractivity contribution in [3.63, 3.8) is 0 Å². The Hall–Kier alpha value is -2.95. The van der Waals surface area contributed by atoms with Gasteiger partial charge in [-0.2, -0.15) is 4.98 Å². The number of halogens is 1. The van der Waals surface area contributed by atoms with Crippen molar-refractivity contribution < 1.29 is 9.13 Å². The number of aromatic nitrogens is 3. The zero-order valence-electron chi connectivity index (χ0n) is 11.8. The van der Waals surface area contributed by atoms with Crippen molar-refractivity contribution in [3.8, 4) is 17.3 Å². The molecular weight excluding hydrogens is 281 g/mol. The van der Waals surface area contributed by atoms with Crippen LogP contribution in [0.5, 0.6) is 5.88 Å².